The number of hydrogen-bond acceptors (Lipinski definition) is 6. The van der Waals surface area contributed by atoms with Crippen LogP contribution in [0.15, 0.2) is 29.2 Å². The Morgan fingerprint density at radius 3 is 2.11 bits per heavy atom. The number of nitrogens with one attached hydrogen (secondary N) is 1. The molecule has 0 spiro atoms. The standard InChI is InChI=1S/C10H17N3O4S2/c1-13(7-8-18(2,14)15)19(16,17)10-5-3-9(12-11)4-6-10/h3-6,12H,7-8,11H2,1-2H3. The van der Waals surface area contributed by atoms with Gasteiger partial charge in [0.1, 0.15) is 9.84 Å². The van der Waals surface area contributed by atoms with Crippen LogP contribution in [0.25, 0.3) is 0 Å². The maximum Gasteiger partial charge on any atom is 0.242 e. The van der Waals surface area contributed by atoms with E-state index < -0.39 is 19.9 Å². The molecule has 0 fully saturated rings. The van der Waals surface area contributed by atoms with Crippen LogP contribution in [0, 0.1) is 0 Å². The third-order valence-electron chi connectivity index (χ3n) is 2.51. The molecular formula is C10H17N3O4S2. The maximum atomic E-state index is 12.1. The Balaban J connectivity index is 2.90. The first-order chi connectivity index (χ1) is 8.66. The first-order valence-electron chi connectivity index (χ1n) is 5.37. The lowest BCUT2D eigenvalue weighted by Crippen LogP contribution is -2.31. The predicted octanol–water partition coefficient (Wildman–Crippen LogP) is -0.363. The van der Waals surface area contributed by atoms with E-state index in [0.717, 1.165) is 10.6 Å². The third kappa shape index (κ3) is 4.46. The zero-order chi connectivity index (χ0) is 14.7. The second-order valence-electron chi connectivity index (χ2n) is 4.13. The summed E-state index contributed by atoms with van der Waals surface area (Å²) in [6, 6.07) is 5.86. The van der Waals surface area contributed by atoms with Crippen LogP contribution in [0.2, 0.25) is 0 Å². The first-order valence-corrected chi connectivity index (χ1v) is 8.87. The Morgan fingerprint density at radius 2 is 1.68 bits per heavy atom. The molecule has 9 heteroatoms. The van der Waals surface area contributed by atoms with Gasteiger partial charge < -0.3 is 5.43 Å². The van der Waals surface area contributed by atoms with Gasteiger partial charge in [0, 0.05) is 25.5 Å². The van der Waals surface area contributed by atoms with Crippen molar-refractivity contribution in [1.29, 1.82) is 0 Å². The highest BCUT2D eigenvalue weighted by atomic mass is 32.2. The molecule has 0 aliphatic rings. The summed E-state index contributed by atoms with van der Waals surface area (Å²) in [6.45, 7) is -0.0853. The van der Waals surface area contributed by atoms with Gasteiger partial charge >= 0.3 is 0 Å². The first kappa shape index (κ1) is 15.9. The van der Waals surface area contributed by atoms with Crippen molar-refractivity contribution < 1.29 is 16.8 Å². The lowest BCUT2D eigenvalue weighted by Gasteiger charge is -2.16. The quantitative estimate of drug-likeness (QED) is 0.548. The van der Waals surface area contributed by atoms with E-state index in [-0.39, 0.29) is 17.2 Å². The summed E-state index contributed by atoms with van der Waals surface area (Å²) >= 11 is 0. The van der Waals surface area contributed by atoms with Crippen molar-refractivity contribution in [3.05, 3.63) is 24.3 Å². The number of sulfone groups is 1. The number of hydrazine groups is 1. The van der Waals surface area contributed by atoms with Gasteiger partial charge in [-0.15, -0.1) is 0 Å². The maximum absolute atomic E-state index is 12.1. The molecule has 1 aromatic carbocycles. The Morgan fingerprint density at radius 1 is 1.16 bits per heavy atom. The predicted molar refractivity (Wildman–Crippen MR) is 73.8 cm³/mol. The molecule has 19 heavy (non-hydrogen) atoms. The number of nitrogen functional groups attached to an aromatic ring is 1. The molecule has 0 atom stereocenters. The highest BCUT2D eigenvalue weighted by Gasteiger charge is 2.21. The molecule has 0 bridgehead atoms. The van der Waals surface area contributed by atoms with E-state index in [1.807, 2.05) is 0 Å². The minimum atomic E-state index is -3.69. The lowest BCUT2D eigenvalue weighted by molar-refractivity contribution is 0.485. The molecule has 0 unspecified atom stereocenters. The molecule has 0 saturated carbocycles. The number of nitrogens with zero attached hydrogens (tertiary/aromatic N) is 1. The molecule has 3 N–H and O–H groups in total. The van der Waals surface area contributed by atoms with Crippen LogP contribution in [0.1, 0.15) is 0 Å². The van der Waals surface area contributed by atoms with Crippen molar-refractivity contribution in [2.24, 2.45) is 5.84 Å². The molecular weight excluding hydrogens is 290 g/mol. The summed E-state index contributed by atoms with van der Waals surface area (Å²) in [4.78, 5) is 0.0856. The molecule has 7 nitrogen and oxygen atoms in total. The van der Waals surface area contributed by atoms with Crippen molar-refractivity contribution in [2.45, 2.75) is 4.90 Å². The molecule has 0 amide bonds. The molecule has 0 aromatic heterocycles. The van der Waals surface area contributed by atoms with E-state index in [4.69, 9.17) is 5.84 Å². The SMILES string of the molecule is CN(CCS(C)(=O)=O)S(=O)(=O)c1ccc(NN)cc1. The largest absolute Gasteiger partial charge is 0.324 e. The summed E-state index contributed by atoms with van der Waals surface area (Å²) in [7, 11) is -5.55. The minimum absolute atomic E-state index is 0.0853. The summed E-state index contributed by atoms with van der Waals surface area (Å²) in [5.41, 5.74) is 2.97. The Bertz CT molecular complexity index is 623. The monoisotopic (exact) mass is 307 g/mol. The van der Waals surface area contributed by atoms with Crippen LogP contribution in [-0.4, -0.2) is 46.7 Å². The average molecular weight is 307 g/mol. The van der Waals surface area contributed by atoms with Gasteiger partial charge in [-0.25, -0.2) is 16.8 Å². The van der Waals surface area contributed by atoms with Crippen molar-refractivity contribution in [3.63, 3.8) is 0 Å². The zero-order valence-corrected chi connectivity index (χ0v) is 12.3. The van der Waals surface area contributed by atoms with Crippen LogP contribution in [-0.2, 0) is 19.9 Å². The van der Waals surface area contributed by atoms with Crippen LogP contribution >= 0.6 is 0 Å². The average Bonchev–Trinajstić information content (AvgIpc) is 2.35. The molecule has 1 aromatic rings. The van der Waals surface area contributed by atoms with Crippen LogP contribution in [0.3, 0.4) is 0 Å². The minimum Gasteiger partial charge on any atom is -0.324 e. The molecule has 0 heterocycles. The van der Waals surface area contributed by atoms with E-state index in [0.29, 0.717) is 5.69 Å². The van der Waals surface area contributed by atoms with Crippen molar-refractivity contribution in [3.8, 4) is 0 Å². The topological polar surface area (TPSA) is 110 Å². The molecule has 0 saturated heterocycles. The van der Waals surface area contributed by atoms with Gasteiger partial charge in [-0.2, -0.15) is 4.31 Å². The fraction of sp³-hybridized carbons (Fsp3) is 0.400. The van der Waals surface area contributed by atoms with E-state index in [1.54, 1.807) is 0 Å². The number of benzene rings is 1. The fourth-order valence-corrected chi connectivity index (χ4v) is 3.21. The molecule has 108 valence electrons. The van der Waals surface area contributed by atoms with Gasteiger partial charge in [-0.3, -0.25) is 5.84 Å². The Hall–Kier alpha value is -1.16. The number of sulfonamides is 1. The molecule has 0 aliphatic carbocycles. The van der Waals surface area contributed by atoms with Crippen LogP contribution < -0.4 is 11.3 Å². The van der Waals surface area contributed by atoms with Gasteiger partial charge in [0.2, 0.25) is 10.0 Å². The fourth-order valence-electron chi connectivity index (χ4n) is 1.32. The second-order valence-corrected chi connectivity index (χ2v) is 8.43. The van der Waals surface area contributed by atoms with Gasteiger partial charge in [-0.1, -0.05) is 0 Å². The smallest absolute Gasteiger partial charge is 0.242 e. The second kappa shape index (κ2) is 5.87. The summed E-state index contributed by atoms with van der Waals surface area (Å²) < 4.78 is 47.3. The normalized spacial score (nSPS) is 12.6. The zero-order valence-electron chi connectivity index (χ0n) is 10.7. The highest BCUT2D eigenvalue weighted by molar-refractivity contribution is 7.91. The number of hydrogen-bond donors (Lipinski definition) is 2. The molecule has 1 rings (SSSR count). The van der Waals surface area contributed by atoms with Gasteiger partial charge in [0.25, 0.3) is 0 Å². The number of anilines is 1. The van der Waals surface area contributed by atoms with Gasteiger partial charge in [-0.05, 0) is 24.3 Å². The molecule has 0 radical (unpaired) electrons. The van der Waals surface area contributed by atoms with Crippen molar-refractivity contribution in [1.82, 2.24) is 4.31 Å². The third-order valence-corrected chi connectivity index (χ3v) is 5.30. The summed E-state index contributed by atoms with van der Waals surface area (Å²) in [5.74, 6) is 4.97. The van der Waals surface area contributed by atoms with Crippen LogP contribution in [0.5, 0.6) is 0 Å². The summed E-state index contributed by atoms with van der Waals surface area (Å²) in [5, 5.41) is 0. The van der Waals surface area contributed by atoms with E-state index in [1.165, 1.54) is 31.3 Å². The Kier molecular flexibility index (Phi) is 4.91. The van der Waals surface area contributed by atoms with Crippen LogP contribution in [0.4, 0.5) is 5.69 Å². The van der Waals surface area contributed by atoms with Crippen molar-refractivity contribution >= 4 is 25.5 Å². The highest BCUT2D eigenvalue weighted by Crippen LogP contribution is 2.16. The number of nitrogens with two attached hydrogens (primary N) is 1. The number of rotatable bonds is 6. The Labute approximate surface area is 113 Å². The lowest BCUT2D eigenvalue weighted by atomic mass is 10.3. The summed E-state index contributed by atoms with van der Waals surface area (Å²) in [6.07, 6.45) is 1.06. The van der Waals surface area contributed by atoms with Gasteiger partial charge in [0.15, 0.2) is 0 Å². The van der Waals surface area contributed by atoms with E-state index in [9.17, 15) is 16.8 Å². The van der Waals surface area contributed by atoms with E-state index >= 15 is 0 Å². The van der Waals surface area contributed by atoms with Gasteiger partial charge in [0.05, 0.1) is 10.6 Å². The van der Waals surface area contributed by atoms with E-state index in [2.05, 4.69) is 5.43 Å². The van der Waals surface area contributed by atoms with Crippen molar-refractivity contribution in [2.75, 3.05) is 31.0 Å². The molecule has 0 aliphatic heterocycles.